The van der Waals surface area contributed by atoms with E-state index >= 15 is 0 Å². The van der Waals surface area contributed by atoms with Gasteiger partial charge in [-0.3, -0.25) is 14.6 Å². The Bertz CT molecular complexity index is 751. The molecule has 0 radical (unpaired) electrons. The van der Waals surface area contributed by atoms with Crippen LogP contribution >= 0.6 is 0 Å². The van der Waals surface area contributed by atoms with Crippen LogP contribution in [-0.4, -0.2) is 56.8 Å². The third-order valence-corrected chi connectivity index (χ3v) is 4.02. The molecular weight excluding hydrogens is 294 g/mol. The standard InChI is InChI=1S/C16H19N5O2/c1-19(2)16(23)14-18-12-10-21(9-7-13(12)20(14)3)15(22)11-6-4-5-8-17-11/h4-6,8H,7,9-10H2,1-3H3. The first-order valence-corrected chi connectivity index (χ1v) is 7.45. The van der Waals surface area contributed by atoms with Crippen molar-refractivity contribution in [3.63, 3.8) is 0 Å². The Morgan fingerprint density at radius 3 is 2.70 bits per heavy atom. The highest BCUT2D eigenvalue weighted by Gasteiger charge is 2.28. The number of amides is 2. The van der Waals surface area contributed by atoms with Crippen LogP contribution in [0.5, 0.6) is 0 Å². The number of aromatic nitrogens is 3. The SMILES string of the molecule is CN(C)C(=O)c1nc2c(n1C)CCN(C(=O)c1ccccn1)C2. The van der Waals surface area contributed by atoms with Crippen LogP contribution in [0.2, 0.25) is 0 Å². The summed E-state index contributed by atoms with van der Waals surface area (Å²) >= 11 is 0. The number of carbonyl (C=O) groups excluding carboxylic acids is 2. The van der Waals surface area contributed by atoms with E-state index in [1.165, 1.54) is 4.90 Å². The lowest BCUT2D eigenvalue weighted by Gasteiger charge is -2.26. The van der Waals surface area contributed by atoms with E-state index in [1.54, 1.807) is 43.4 Å². The number of nitrogens with zero attached hydrogens (tertiary/aromatic N) is 5. The van der Waals surface area contributed by atoms with Gasteiger partial charge in [0.25, 0.3) is 11.8 Å². The lowest BCUT2D eigenvalue weighted by atomic mass is 10.1. The second-order valence-corrected chi connectivity index (χ2v) is 5.78. The summed E-state index contributed by atoms with van der Waals surface area (Å²) in [6.07, 6.45) is 2.29. The highest BCUT2D eigenvalue weighted by molar-refractivity contribution is 5.92. The molecular formula is C16H19N5O2. The van der Waals surface area contributed by atoms with Gasteiger partial charge in [-0.2, -0.15) is 0 Å². The Labute approximate surface area is 134 Å². The summed E-state index contributed by atoms with van der Waals surface area (Å²) in [6, 6.07) is 5.28. The van der Waals surface area contributed by atoms with E-state index in [4.69, 9.17) is 0 Å². The van der Waals surface area contributed by atoms with Gasteiger partial charge in [-0.15, -0.1) is 0 Å². The summed E-state index contributed by atoms with van der Waals surface area (Å²) in [4.78, 5) is 36.5. The molecule has 2 aromatic rings. The highest BCUT2D eigenvalue weighted by Crippen LogP contribution is 2.21. The van der Waals surface area contributed by atoms with Gasteiger partial charge >= 0.3 is 0 Å². The van der Waals surface area contributed by atoms with Crippen molar-refractivity contribution >= 4 is 11.8 Å². The first kappa shape index (κ1) is 15.2. The zero-order valence-corrected chi connectivity index (χ0v) is 13.5. The maximum atomic E-state index is 12.5. The number of hydrogen-bond donors (Lipinski definition) is 0. The van der Waals surface area contributed by atoms with E-state index in [1.807, 2.05) is 11.6 Å². The first-order valence-electron chi connectivity index (χ1n) is 7.45. The molecule has 0 aliphatic carbocycles. The molecule has 0 spiro atoms. The van der Waals surface area contributed by atoms with E-state index in [-0.39, 0.29) is 11.8 Å². The van der Waals surface area contributed by atoms with Crippen molar-refractivity contribution in [2.45, 2.75) is 13.0 Å². The van der Waals surface area contributed by atoms with Crippen LogP contribution < -0.4 is 0 Å². The zero-order valence-electron chi connectivity index (χ0n) is 13.5. The van der Waals surface area contributed by atoms with Crippen molar-refractivity contribution in [1.29, 1.82) is 0 Å². The van der Waals surface area contributed by atoms with Crippen molar-refractivity contribution < 1.29 is 9.59 Å². The monoisotopic (exact) mass is 313 g/mol. The fraction of sp³-hybridized carbons (Fsp3) is 0.375. The summed E-state index contributed by atoms with van der Waals surface area (Å²) < 4.78 is 1.83. The molecule has 0 atom stereocenters. The smallest absolute Gasteiger partial charge is 0.289 e. The van der Waals surface area contributed by atoms with E-state index < -0.39 is 0 Å². The van der Waals surface area contributed by atoms with Crippen LogP contribution in [0.25, 0.3) is 0 Å². The van der Waals surface area contributed by atoms with Crippen LogP contribution in [0.4, 0.5) is 0 Å². The van der Waals surface area contributed by atoms with Crippen molar-refractivity contribution in [3.05, 3.63) is 47.3 Å². The Balaban J connectivity index is 1.85. The molecule has 1 aliphatic heterocycles. The van der Waals surface area contributed by atoms with Crippen LogP contribution in [-0.2, 0) is 20.0 Å². The number of pyridine rings is 1. The molecule has 0 saturated heterocycles. The normalized spacial score (nSPS) is 13.6. The predicted molar refractivity (Wildman–Crippen MR) is 83.9 cm³/mol. The molecule has 0 aromatic carbocycles. The average molecular weight is 313 g/mol. The van der Waals surface area contributed by atoms with Gasteiger partial charge in [-0.1, -0.05) is 6.07 Å². The maximum absolute atomic E-state index is 12.5. The molecule has 120 valence electrons. The molecule has 7 nitrogen and oxygen atoms in total. The van der Waals surface area contributed by atoms with E-state index in [9.17, 15) is 9.59 Å². The van der Waals surface area contributed by atoms with Gasteiger partial charge in [0.2, 0.25) is 0 Å². The molecule has 0 unspecified atom stereocenters. The number of carbonyl (C=O) groups is 2. The summed E-state index contributed by atoms with van der Waals surface area (Å²) in [6.45, 7) is 0.997. The second kappa shape index (κ2) is 5.83. The zero-order chi connectivity index (χ0) is 16.6. The van der Waals surface area contributed by atoms with Gasteiger partial charge in [-0.05, 0) is 12.1 Å². The third-order valence-electron chi connectivity index (χ3n) is 4.02. The van der Waals surface area contributed by atoms with E-state index in [0.29, 0.717) is 31.0 Å². The fourth-order valence-electron chi connectivity index (χ4n) is 2.74. The topological polar surface area (TPSA) is 71.3 Å². The lowest BCUT2D eigenvalue weighted by molar-refractivity contribution is 0.0725. The van der Waals surface area contributed by atoms with Gasteiger partial charge in [0, 0.05) is 46.0 Å². The Kier molecular flexibility index (Phi) is 3.85. The van der Waals surface area contributed by atoms with E-state index in [2.05, 4.69) is 9.97 Å². The predicted octanol–water partition coefficient (Wildman–Crippen LogP) is 0.715. The molecule has 0 N–H and O–H groups in total. The summed E-state index contributed by atoms with van der Waals surface area (Å²) in [7, 11) is 5.25. The Hall–Kier alpha value is -2.70. The van der Waals surface area contributed by atoms with Gasteiger partial charge in [0.05, 0.1) is 12.2 Å². The molecule has 3 rings (SSSR count). The Morgan fingerprint density at radius 2 is 2.04 bits per heavy atom. The summed E-state index contributed by atoms with van der Waals surface area (Å²) in [5, 5.41) is 0. The minimum Gasteiger partial charge on any atom is -0.342 e. The number of fused-ring (bicyclic) bond motifs is 1. The average Bonchev–Trinajstić information content (AvgIpc) is 2.90. The van der Waals surface area contributed by atoms with E-state index in [0.717, 1.165) is 11.4 Å². The van der Waals surface area contributed by atoms with Crippen molar-refractivity contribution in [1.82, 2.24) is 24.3 Å². The van der Waals surface area contributed by atoms with Crippen molar-refractivity contribution in [2.75, 3.05) is 20.6 Å². The van der Waals surface area contributed by atoms with Crippen LogP contribution in [0.3, 0.4) is 0 Å². The highest BCUT2D eigenvalue weighted by atomic mass is 16.2. The quantitative estimate of drug-likeness (QED) is 0.819. The number of imidazole rings is 1. The van der Waals surface area contributed by atoms with Gasteiger partial charge in [0.1, 0.15) is 5.69 Å². The number of rotatable bonds is 2. The lowest BCUT2D eigenvalue weighted by Crippen LogP contribution is -2.36. The molecule has 0 fully saturated rings. The van der Waals surface area contributed by atoms with Gasteiger partial charge < -0.3 is 14.4 Å². The van der Waals surface area contributed by atoms with Crippen LogP contribution in [0.15, 0.2) is 24.4 Å². The maximum Gasteiger partial charge on any atom is 0.289 e. The molecule has 3 heterocycles. The fourth-order valence-corrected chi connectivity index (χ4v) is 2.74. The summed E-state index contributed by atoms with van der Waals surface area (Å²) in [5.74, 6) is 0.166. The van der Waals surface area contributed by atoms with Crippen molar-refractivity contribution in [2.24, 2.45) is 7.05 Å². The summed E-state index contributed by atoms with van der Waals surface area (Å²) in [5.41, 5.74) is 2.23. The molecule has 7 heteroatoms. The second-order valence-electron chi connectivity index (χ2n) is 5.78. The minimum absolute atomic E-state index is 0.109. The molecule has 2 aromatic heterocycles. The third kappa shape index (κ3) is 2.69. The molecule has 2 amide bonds. The van der Waals surface area contributed by atoms with Crippen LogP contribution in [0, 0.1) is 0 Å². The Morgan fingerprint density at radius 1 is 1.26 bits per heavy atom. The number of hydrogen-bond acceptors (Lipinski definition) is 4. The molecule has 0 bridgehead atoms. The largest absolute Gasteiger partial charge is 0.342 e. The van der Waals surface area contributed by atoms with Gasteiger partial charge in [-0.25, -0.2) is 4.98 Å². The molecule has 1 aliphatic rings. The molecule has 0 saturated carbocycles. The van der Waals surface area contributed by atoms with Crippen LogP contribution in [0.1, 0.15) is 32.5 Å². The van der Waals surface area contributed by atoms with Crippen molar-refractivity contribution in [3.8, 4) is 0 Å². The first-order chi connectivity index (χ1) is 11.0. The van der Waals surface area contributed by atoms with Gasteiger partial charge in [0.15, 0.2) is 5.82 Å². The molecule has 23 heavy (non-hydrogen) atoms. The minimum atomic E-state index is -0.135.